The monoisotopic (exact) mass is 475 g/mol. The highest BCUT2D eigenvalue weighted by atomic mass is 79.9. The summed E-state index contributed by atoms with van der Waals surface area (Å²) < 4.78 is 11.2. The van der Waals surface area contributed by atoms with Crippen LogP contribution in [0.1, 0.15) is 45.6 Å². The van der Waals surface area contributed by atoms with Crippen LogP contribution in [0.15, 0.2) is 51.3 Å². The third kappa shape index (κ3) is 4.08. The van der Waals surface area contributed by atoms with Crippen LogP contribution in [-0.2, 0) is 23.9 Å². The van der Waals surface area contributed by atoms with Gasteiger partial charge < -0.3 is 14.8 Å². The highest BCUT2D eigenvalue weighted by molar-refractivity contribution is 9.10. The number of carbonyl (C=O) groups excluding carboxylic acids is 3. The van der Waals surface area contributed by atoms with E-state index < -0.39 is 23.8 Å². The number of nitrogens with one attached hydrogen (secondary N) is 1. The number of methoxy groups -OCH3 is 1. The van der Waals surface area contributed by atoms with Gasteiger partial charge in [-0.15, -0.1) is 0 Å². The second-order valence-electron chi connectivity index (χ2n) is 8.04. The largest absolute Gasteiger partial charge is 0.468 e. The molecule has 0 fully saturated rings. The van der Waals surface area contributed by atoms with Gasteiger partial charge in [-0.2, -0.15) is 0 Å². The number of ketones is 1. The van der Waals surface area contributed by atoms with Gasteiger partial charge >= 0.3 is 11.9 Å². The molecule has 0 spiro atoms. The molecule has 1 N–H and O–H groups in total. The Balaban J connectivity index is 2.19. The molecule has 3 rings (SSSR count). The molecule has 2 aliphatic rings. The van der Waals surface area contributed by atoms with Crippen LogP contribution in [0.5, 0.6) is 0 Å². The van der Waals surface area contributed by atoms with Crippen LogP contribution in [-0.4, -0.2) is 30.9 Å². The molecule has 3 atom stereocenters. The number of rotatable bonds is 4. The Bertz CT molecular complexity index is 962. The fraction of sp³-hybridized carbons (Fsp3) is 0.435. The molecule has 0 amide bonds. The normalized spacial score (nSPS) is 23.8. The quantitative estimate of drug-likeness (QED) is 0.523. The second kappa shape index (κ2) is 8.76. The minimum absolute atomic E-state index is 0.212. The predicted octanol–water partition coefficient (Wildman–Crippen LogP) is 4.01. The van der Waals surface area contributed by atoms with Crippen molar-refractivity contribution in [2.45, 2.75) is 46.1 Å². The summed E-state index contributed by atoms with van der Waals surface area (Å²) >= 11 is 3.48. The second-order valence-corrected chi connectivity index (χ2v) is 8.96. The van der Waals surface area contributed by atoms with Gasteiger partial charge in [0.2, 0.25) is 0 Å². The van der Waals surface area contributed by atoms with Crippen molar-refractivity contribution in [1.29, 1.82) is 0 Å². The molecule has 7 heteroatoms. The molecule has 0 saturated heterocycles. The Morgan fingerprint density at radius 2 is 1.97 bits per heavy atom. The van der Waals surface area contributed by atoms with Crippen molar-refractivity contribution in [2.24, 2.45) is 11.8 Å². The summed E-state index contributed by atoms with van der Waals surface area (Å²) in [5.74, 6) is -3.08. The number of esters is 2. The van der Waals surface area contributed by atoms with Gasteiger partial charge in [0, 0.05) is 27.4 Å². The van der Waals surface area contributed by atoms with E-state index in [1.807, 2.05) is 38.1 Å². The summed E-state index contributed by atoms with van der Waals surface area (Å²) in [7, 11) is 1.28. The van der Waals surface area contributed by atoms with Gasteiger partial charge in [-0.25, -0.2) is 4.79 Å². The number of Topliss-reactive ketones (excluding diaryl/α,β-unsaturated/α-hetero) is 1. The van der Waals surface area contributed by atoms with Gasteiger partial charge in [0.25, 0.3) is 0 Å². The number of allylic oxidation sites excluding steroid dienone is 3. The zero-order valence-electron chi connectivity index (χ0n) is 17.7. The molecule has 0 radical (unpaired) electrons. The minimum Gasteiger partial charge on any atom is -0.468 e. The number of dihydropyridines is 1. The maximum atomic E-state index is 13.6. The van der Waals surface area contributed by atoms with E-state index >= 15 is 0 Å². The topological polar surface area (TPSA) is 81.7 Å². The molecule has 1 aliphatic heterocycles. The first-order valence-corrected chi connectivity index (χ1v) is 10.7. The average molecular weight is 476 g/mol. The standard InChI is InChI=1S/C23H26BrNO5/c1-11(2)30-23(28)18-13(4)25-16-9-12(3)17(22(27)29-5)21(26)20(16)19(18)14-7-6-8-15(24)10-14/h6-8,10-12,17,19,25H,9H2,1-5H3/t12-,17+,19-/m0/s1. The fourth-order valence-corrected chi connectivity index (χ4v) is 4.67. The molecular formula is C23H26BrNO5. The van der Waals surface area contributed by atoms with E-state index in [9.17, 15) is 14.4 Å². The third-order valence-electron chi connectivity index (χ3n) is 5.49. The van der Waals surface area contributed by atoms with E-state index in [1.54, 1.807) is 13.8 Å². The van der Waals surface area contributed by atoms with Crippen LogP contribution in [0.2, 0.25) is 0 Å². The van der Waals surface area contributed by atoms with Gasteiger partial charge in [-0.1, -0.05) is 35.0 Å². The molecule has 6 nitrogen and oxygen atoms in total. The molecular weight excluding hydrogens is 450 g/mol. The van der Waals surface area contributed by atoms with E-state index in [1.165, 1.54) is 7.11 Å². The van der Waals surface area contributed by atoms with E-state index in [0.29, 0.717) is 23.3 Å². The van der Waals surface area contributed by atoms with Crippen LogP contribution in [0, 0.1) is 11.8 Å². The fourth-order valence-electron chi connectivity index (χ4n) is 4.25. The summed E-state index contributed by atoms with van der Waals surface area (Å²) in [5, 5.41) is 3.25. The first-order chi connectivity index (χ1) is 14.1. The van der Waals surface area contributed by atoms with Gasteiger partial charge in [0.15, 0.2) is 5.78 Å². The molecule has 30 heavy (non-hydrogen) atoms. The van der Waals surface area contributed by atoms with Crippen molar-refractivity contribution in [2.75, 3.05) is 7.11 Å². The van der Waals surface area contributed by atoms with E-state index in [0.717, 1.165) is 15.7 Å². The number of hydrogen-bond acceptors (Lipinski definition) is 6. The van der Waals surface area contributed by atoms with Crippen molar-refractivity contribution in [3.63, 3.8) is 0 Å². The summed E-state index contributed by atoms with van der Waals surface area (Å²) in [6, 6.07) is 7.50. The molecule has 0 unspecified atom stereocenters. The number of ether oxygens (including phenoxy) is 2. The highest BCUT2D eigenvalue weighted by Crippen LogP contribution is 2.45. The van der Waals surface area contributed by atoms with Gasteiger partial charge in [-0.3, -0.25) is 9.59 Å². The van der Waals surface area contributed by atoms with Crippen molar-refractivity contribution < 1.29 is 23.9 Å². The SMILES string of the molecule is COC(=O)[C@H]1C(=O)C2=C(C[C@@H]1C)NC(C)=C(C(=O)OC(C)C)[C@@H]2c1cccc(Br)c1. The lowest BCUT2D eigenvalue weighted by Gasteiger charge is -2.38. The van der Waals surface area contributed by atoms with Crippen LogP contribution in [0.3, 0.4) is 0 Å². The third-order valence-corrected chi connectivity index (χ3v) is 5.98. The molecule has 160 valence electrons. The summed E-state index contributed by atoms with van der Waals surface area (Å²) in [6.07, 6.45) is 0.205. The van der Waals surface area contributed by atoms with Crippen LogP contribution in [0.4, 0.5) is 0 Å². The Labute approximate surface area is 184 Å². The lowest BCUT2D eigenvalue weighted by Crippen LogP contribution is -2.43. The van der Waals surface area contributed by atoms with Crippen molar-refractivity contribution in [3.8, 4) is 0 Å². The Morgan fingerprint density at radius 3 is 2.57 bits per heavy atom. The number of benzene rings is 1. The Morgan fingerprint density at radius 1 is 1.27 bits per heavy atom. The molecule has 1 aromatic rings. The van der Waals surface area contributed by atoms with E-state index in [-0.39, 0.29) is 17.8 Å². The van der Waals surface area contributed by atoms with Crippen LogP contribution in [0.25, 0.3) is 0 Å². The average Bonchev–Trinajstić information content (AvgIpc) is 2.65. The summed E-state index contributed by atoms with van der Waals surface area (Å²) in [5.41, 5.74) is 2.99. The van der Waals surface area contributed by atoms with Crippen LogP contribution >= 0.6 is 15.9 Å². The maximum Gasteiger partial charge on any atom is 0.337 e. The van der Waals surface area contributed by atoms with Gasteiger partial charge in [-0.05, 0) is 50.8 Å². The van der Waals surface area contributed by atoms with Crippen LogP contribution < -0.4 is 5.32 Å². The molecule has 0 saturated carbocycles. The smallest absolute Gasteiger partial charge is 0.337 e. The Kier molecular flexibility index (Phi) is 6.50. The molecule has 1 heterocycles. The summed E-state index contributed by atoms with van der Waals surface area (Å²) in [6.45, 7) is 7.24. The molecule has 1 aliphatic carbocycles. The van der Waals surface area contributed by atoms with Crippen molar-refractivity contribution in [3.05, 3.63) is 56.8 Å². The summed E-state index contributed by atoms with van der Waals surface area (Å²) in [4.78, 5) is 39.0. The number of hydrogen-bond donors (Lipinski definition) is 1. The van der Waals surface area contributed by atoms with Crippen molar-refractivity contribution in [1.82, 2.24) is 5.32 Å². The number of halogens is 1. The maximum absolute atomic E-state index is 13.6. The lowest BCUT2D eigenvalue weighted by molar-refractivity contribution is -0.151. The first kappa shape index (κ1) is 22.3. The van der Waals surface area contributed by atoms with E-state index in [2.05, 4.69) is 21.2 Å². The minimum atomic E-state index is -0.897. The Hall–Kier alpha value is -2.41. The van der Waals surface area contributed by atoms with Crippen molar-refractivity contribution >= 4 is 33.7 Å². The predicted molar refractivity (Wildman–Crippen MR) is 115 cm³/mol. The molecule has 0 aromatic heterocycles. The lowest BCUT2D eigenvalue weighted by atomic mass is 9.69. The first-order valence-electron chi connectivity index (χ1n) is 9.95. The van der Waals surface area contributed by atoms with Gasteiger partial charge in [0.1, 0.15) is 5.92 Å². The van der Waals surface area contributed by atoms with E-state index in [4.69, 9.17) is 9.47 Å². The zero-order chi connectivity index (χ0) is 22.2. The molecule has 0 bridgehead atoms. The van der Waals surface area contributed by atoms with Gasteiger partial charge in [0.05, 0.1) is 18.8 Å². The number of carbonyl (C=O) groups is 3. The highest BCUT2D eigenvalue weighted by Gasteiger charge is 2.47. The zero-order valence-corrected chi connectivity index (χ0v) is 19.3. The molecule has 1 aromatic carbocycles.